The van der Waals surface area contributed by atoms with E-state index in [1.807, 2.05) is 36.4 Å². The third-order valence-corrected chi connectivity index (χ3v) is 3.81. The summed E-state index contributed by atoms with van der Waals surface area (Å²) < 4.78 is 7.81. The van der Waals surface area contributed by atoms with E-state index in [9.17, 15) is 0 Å². The van der Waals surface area contributed by atoms with Crippen LogP contribution >= 0.6 is 27.3 Å². The maximum atomic E-state index is 6.06. The minimum absolute atomic E-state index is 0.578. The van der Waals surface area contributed by atoms with Gasteiger partial charge in [0.2, 0.25) is 0 Å². The van der Waals surface area contributed by atoms with Gasteiger partial charge in [0.05, 0.1) is 10.2 Å². The van der Waals surface area contributed by atoms with E-state index in [-0.39, 0.29) is 0 Å². The largest absolute Gasteiger partial charge is 0.455 e. The van der Waals surface area contributed by atoms with Crippen LogP contribution in [0, 0.1) is 0 Å². The molecule has 0 aliphatic carbocycles. The van der Waals surface area contributed by atoms with Gasteiger partial charge < -0.3 is 10.5 Å². The molecule has 3 nitrogen and oxygen atoms in total. The van der Waals surface area contributed by atoms with Crippen molar-refractivity contribution in [3.8, 4) is 11.5 Å². The Balaban J connectivity index is 2.02. The summed E-state index contributed by atoms with van der Waals surface area (Å²) in [6, 6.07) is 11.5. The van der Waals surface area contributed by atoms with Crippen LogP contribution in [-0.4, -0.2) is 4.98 Å². The van der Waals surface area contributed by atoms with Crippen molar-refractivity contribution in [1.82, 2.24) is 4.98 Å². The molecule has 0 bridgehead atoms. The van der Waals surface area contributed by atoms with E-state index in [1.165, 1.54) is 0 Å². The predicted octanol–water partition coefficient (Wildman–Crippen LogP) is 4.43. The van der Waals surface area contributed by atoms with E-state index >= 15 is 0 Å². The number of fused-ring (bicyclic) bond motifs is 1. The molecule has 0 aliphatic rings. The Labute approximate surface area is 116 Å². The summed E-state index contributed by atoms with van der Waals surface area (Å²) in [6.45, 7) is 0. The smallest absolute Gasteiger partial charge is 0.152 e. The van der Waals surface area contributed by atoms with E-state index in [0.29, 0.717) is 11.4 Å². The molecule has 0 unspecified atom stereocenters. The molecule has 0 spiro atoms. The summed E-state index contributed by atoms with van der Waals surface area (Å²) in [5, 5.41) is 0. The molecule has 2 aromatic carbocycles. The van der Waals surface area contributed by atoms with Gasteiger partial charge in [0.1, 0.15) is 17.0 Å². The van der Waals surface area contributed by atoms with Crippen LogP contribution < -0.4 is 10.5 Å². The van der Waals surface area contributed by atoms with Gasteiger partial charge in [-0.2, -0.15) is 0 Å². The van der Waals surface area contributed by atoms with Gasteiger partial charge in [0.25, 0.3) is 0 Å². The van der Waals surface area contributed by atoms with E-state index in [1.54, 1.807) is 16.8 Å². The highest BCUT2D eigenvalue weighted by Gasteiger charge is 2.08. The SMILES string of the molecule is Nc1c(Oc2cccc(Br)c2)ccc2scnc12. The number of ether oxygens (including phenoxy) is 1. The summed E-state index contributed by atoms with van der Waals surface area (Å²) in [6.07, 6.45) is 0. The van der Waals surface area contributed by atoms with E-state index in [2.05, 4.69) is 20.9 Å². The number of aromatic nitrogens is 1. The van der Waals surface area contributed by atoms with Crippen LogP contribution in [0.3, 0.4) is 0 Å². The van der Waals surface area contributed by atoms with Crippen molar-refractivity contribution in [3.05, 3.63) is 46.4 Å². The monoisotopic (exact) mass is 320 g/mol. The molecule has 2 N–H and O–H groups in total. The van der Waals surface area contributed by atoms with Crippen molar-refractivity contribution in [2.24, 2.45) is 0 Å². The molecule has 18 heavy (non-hydrogen) atoms. The lowest BCUT2D eigenvalue weighted by Gasteiger charge is -2.08. The second kappa shape index (κ2) is 4.59. The molecule has 1 heterocycles. The van der Waals surface area contributed by atoms with Crippen LogP contribution in [-0.2, 0) is 0 Å². The molecule has 90 valence electrons. The quantitative estimate of drug-likeness (QED) is 0.710. The number of thiazole rings is 1. The molecule has 0 amide bonds. The number of halogens is 1. The maximum absolute atomic E-state index is 6.06. The van der Waals surface area contributed by atoms with Crippen LogP contribution in [0.25, 0.3) is 10.2 Å². The molecular formula is C13H9BrN2OS. The van der Waals surface area contributed by atoms with E-state index < -0.39 is 0 Å². The van der Waals surface area contributed by atoms with Gasteiger partial charge in [-0.15, -0.1) is 11.3 Å². The van der Waals surface area contributed by atoms with Crippen molar-refractivity contribution >= 4 is 43.2 Å². The Bertz CT molecular complexity index is 711. The van der Waals surface area contributed by atoms with Crippen molar-refractivity contribution in [2.45, 2.75) is 0 Å². The van der Waals surface area contributed by atoms with Crippen LogP contribution in [0.2, 0.25) is 0 Å². The summed E-state index contributed by atoms with van der Waals surface area (Å²) in [5.41, 5.74) is 9.21. The zero-order valence-corrected chi connectivity index (χ0v) is 11.7. The first-order valence-corrected chi connectivity index (χ1v) is 6.96. The normalized spacial score (nSPS) is 10.7. The second-order valence-corrected chi connectivity index (χ2v) is 5.54. The van der Waals surface area contributed by atoms with E-state index in [0.717, 1.165) is 20.4 Å². The Morgan fingerprint density at radius 1 is 1.22 bits per heavy atom. The third kappa shape index (κ3) is 2.07. The fourth-order valence-corrected chi connectivity index (χ4v) is 2.75. The standard InChI is InChI=1S/C13H9BrN2OS/c14-8-2-1-3-9(6-8)17-10-4-5-11-13(12(10)15)16-7-18-11/h1-7H,15H2. The topological polar surface area (TPSA) is 48.1 Å². The molecule has 0 atom stereocenters. The lowest BCUT2D eigenvalue weighted by atomic mass is 10.2. The number of anilines is 1. The molecule has 0 saturated carbocycles. The average Bonchev–Trinajstić information content (AvgIpc) is 2.82. The lowest BCUT2D eigenvalue weighted by Crippen LogP contribution is -1.93. The van der Waals surface area contributed by atoms with Gasteiger partial charge in [-0.05, 0) is 30.3 Å². The van der Waals surface area contributed by atoms with Crippen molar-refractivity contribution in [3.63, 3.8) is 0 Å². The summed E-state index contributed by atoms with van der Waals surface area (Å²) in [5.74, 6) is 1.37. The Morgan fingerprint density at radius 2 is 2.11 bits per heavy atom. The third-order valence-electron chi connectivity index (χ3n) is 2.53. The first kappa shape index (κ1) is 11.5. The number of nitrogens with zero attached hydrogens (tertiary/aromatic N) is 1. The summed E-state index contributed by atoms with van der Waals surface area (Å²) in [7, 11) is 0. The second-order valence-electron chi connectivity index (χ2n) is 3.74. The molecular weight excluding hydrogens is 312 g/mol. The molecule has 0 radical (unpaired) electrons. The molecule has 3 aromatic rings. The maximum Gasteiger partial charge on any atom is 0.152 e. The van der Waals surface area contributed by atoms with Gasteiger partial charge in [-0.1, -0.05) is 22.0 Å². The zero-order valence-electron chi connectivity index (χ0n) is 9.26. The van der Waals surface area contributed by atoms with Gasteiger partial charge in [0, 0.05) is 4.47 Å². The molecule has 0 aliphatic heterocycles. The number of benzene rings is 2. The lowest BCUT2D eigenvalue weighted by molar-refractivity contribution is 0.485. The summed E-state index contributed by atoms with van der Waals surface area (Å²) >= 11 is 4.97. The van der Waals surface area contributed by atoms with Crippen molar-refractivity contribution in [1.29, 1.82) is 0 Å². The fourth-order valence-electron chi connectivity index (χ4n) is 1.68. The predicted molar refractivity (Wildman–Crippen MR) is 78.2 cm³/mol. The van der Waals surface area contributed by atoms with Gasteiger partial charge in [0.15, 0.2) is 5.75 Å². The number of nitrogens with two attached hydrogens (primary N) is 1. The number of rotatable bonds is 2. The van der Waals surface area contributed by atoms with Crippen molar-refractivity contribution < 1.29 is 4.74 Å². The van der Waals surface area contributed by atoms with Gasteiger partial charge in [-0.25, -0.2) is 4.98 Å². The Kier molecular flexibility index (Phi) is 2.93. The number of nitrogen functional groups attached to an aromatic ring is 1. The minimum atomic E-state index is 0.578. The van der Waals surface area contributed by atoms with Gasteiger partial charge >= 0.3 is 0 Å². The number of hydrogen-bond acceptors (Lipinski definition) is 4. The first-order valence-electron chi connectivity index (χ1n) is 5.29. The zero-order chi connectivity index (χ0) is 12.5. The van der Waals surface area contributed by atoms with E-state index in [4.69, 9.17) is 10.5 Å². The Morgan fingerprint density at radius 3 is 2.94 bits per heavy atom. The highest BCUT2D eigenvalue weighted by molar-refractivity contribution is 9.10. The molecule has 0 saturated heterocycles. The van der Waals surface area contributed by atoms with Crippen LogP contribution in [0.5, 0.6) is 11.5 Å². The Hall–Kier alpha value is -1.59. The van der Waals surface area contributed by atoms with Crippen LogP contribution in [0.4, 0.5) is 5.69 Å². The summed E-state index contributed by atoms with van der Waals surface area (Å²) in [4.78, 5) is 4.24. The van der Waals surface area contributed by atoms with Gasteiger partial charge in [-0.3, -0.25) is 0 Å². The molecule has 1 aromatic heterocycles. The fraction of sp³-hybridized carbons (Fsp3) is 0. The first-order chi connectivity index (χ1) is 8.74. The van der Waals surface area contributed by atoms with Crippen LogP contribution in [0.15, 0.2) is 46.4 Å². The minimum Gasteiger partial charge on any atom is -0.455 e. The molecule has 5 heteroatoms. The number of hydrogen-bond donors (Lipinski definition) is 1. The molecule has 0 fully saturated rings. The highest BCUT2D eigenvalue weighted by Crippen LogP contribution is 2.34. The average molecular weight is 321 g/mol. The highest BCUT2D eigenvalue weighted by atomic mass is 79.9. The van der Waals surface area contributed by atoms with Crippen molar-refractivity contribution in [2.75, 3.05) is 5.73 Å². The molecule has 3 rings (SSSR count). The van der Waals surface area contributed by atoms with Crippen LogP contribution in [0.1, 0.15) is 0 Å².